The molecule has 1 saturated carbocycles. The van der Waals surface area contributed by atoms with E-state index in [2.05, 4.69) is 26.3 Å². The molecule has 2 aromatic rings. The zero-order valence-electron chi connectivity index (χ0n) is 9.97. The topological polar surface area (TPSA) is 74.5 Å². The quantitative estimate of drug-likeness (QED) is 0.929. The highest BCUT2D eigenvalue weighted by molar-refractivity contribution is 6.28. The first kappa shape index (κ1) is 11.9. The Kier molecular flexibility index (Phi) is 2.80. The summed E-state index contributed by atoms with van der Waals surface area (Å²) in [5.41, 5.74) is 0.329. The first-order valence-corrected chi connectivity index (χ1v) is 6.25. The summed E-state index contributed by atoms with van der Waals surface area (Å²) in [6, 6.07) is 11.7. The second-order valence-corrected chi connectivity index (χ2v) is 4.77. The van der Waals surface area contributed by atoms with Gasteiger partial charge in [0.2, 0.25) is 11.2 Å². The van der Waals surface area contributed by atoms with Gasteiger partial charge in [-0.25, -0.2) is 0 Å². The van der Waals surface area contributed by atoms with E-state index in [9.17, 15) is 0 Å². The van der Waals surface area contributed by atoms with Crippen molar-refractivity contribution in [3.8, 4) is 17.5 Å². The molecule has 5 nitrogen and oxygen atoms in total. The molecule has 0 amide bonds. The summed E-state index contributed by atoms with van der Waals surface area (Å²) in [6.07, 6.45) is 1.60. The van der Waals surface area contributed by atoms with Crippen LogP contribution in [0, 0.1) is 11.3 Å². The van der Waals surface area contributed by atoms with E-state index < -0.39 is 5.54 Å². The van der Waals surface area contributed by atoms with Crippen LogP contribution in [0.25, 0.3) is 11.4 Å². The molecular formula is C13H10ClN5. The third-order valence-corrected chi connectivity index (χ3v) is 3.12. The molecule has 0 atom stereocenters. The van der Waals surface area contributed by atoms with E-state index in [-0.39, 0.29) is 5.28 Å². The molecule has 1 aromatic carbocycles. The third-order valence-electron chi connectivity index (χ3n) is 2.96. The lowest BCUT2D eigenvalue weighted by atomic mass is 10.2. The average molecular weight is 272 g/mol. The van der Waals surface area contributed by atoms with Crippen molar-refractivity contribution in [3.63, 3.8) is 0 Å². The maximum atomic E-state index is 9.06. The summed E-state index contributed by atoms with van der Waals surface area (Å²) in [6.45, 7) is 0. The number of halogens is 1. The van der Waals surface area contributed by atoms with Gasteiger partial charge in [0.05, 0.1) is 6.07 Å². The van der Waals surface area contributed by atoms with Crippen molar-refractivity contribution in [1.29, 1.82) is 5.26 Å². The fourth-order valence-corrected chi connectivity index (χ4v) is 1.89. The van der Waals surface area contributed by atoms with Gasteiger partial charge >= 0.3 is 0 Å². The van der Waals surface area contributed by atoms with Crippen molar-refractivity contribution >= 4 is 17.5 Å². The minimum absolute atomic E-state index is 0.116. The molecule has 19 heavy (non-hydrogen) atoms. The average Bonchev–Trinajstić information content (AvgIpc) is 3.19. The predicted octanol–water partition coefficient (Wildman–Crippen LogP) is 2.66. The van der Waals surface area contributed by atoms with Crippen LogP contribution < -0.4 is 5.32 Å². The fraction of sp³-hybridized carbons (Fsp3) is 0.231. The minimum Gasteiger partial charge on any atom is -0.336 e. The van der Waals surface area contributed by atoms with Gasteiger partial charge in [0.1, 0.15) is 5.54 Å². The molecule has 1 aliphatic carbocycles. The normalized spacial score (nSPS) is 15.6. The summed E-state index contributed by atoms with van der Waals surface area (Å²) >= 11 is 5.91. The van der Waals surface area contributed by atoms with E-state index in [0.717, 1.165) is 18.4 Å². The lowest BCUT2D eigenvalue weighted by molar-refractivity contribution is 0.901. The van der Waals surface area contributed by atoms with Gasteiger partial charge in [-0.05, 0) is 24.4 Å². The number of rotatable bonds is 3. The van der Waals surface area contributed by atoms with Gasteiger partial charge in [-0.1, -0.05) is 30.3 Å². The van der Waals surface area contributed by atoms with Gasteiger partial charge in [0, 0.05) is 5.56 Å². The smallest absolute Gasteiger partial charge is 0.228 e. The Bertz CT molecular complexity index is 646. The van der Waals surface area contributed by atoms with E-state index in [4.69, 9.17) is 16.9 Å². The lowest BCUT2D eigenvalue weighted by Gasteiger charge is -2.09. The van der Waals surface area contributed by atoms with Crippen molar-refractivity contribution in [1.82, 2.24) is 15.0 Å². The van der Waals surface area contributed by atoms with E-state index in [1.165, 1.54) is 0 Å². The number of anilines is 1. The summed E-state index contributed by atoms with van der Waals surface area (Å²) in [5, 5.41) is 12.2. The van der Waals surface area contributed by atoms with Gasteiger partial charge < -0.3 is 5.32 Å². The van der Waals surface area contributed by atoms with Crippen molar-refractivity contribution in [2.24, 2.45) is 0 Å². The maximum Gasteiger partial charge on any atom is 0.228 e. The van der Waals surface area contributed by atoms with E-state index in [1.54, 1.807) is 0 Å². The third kappa shape index (κ3) is 2.49. The lowest BCUT2D eigenvalue weighted by Crippen LogP contribution is -2.20. The van der Waals surface area contributed by atoms with Gasteiger partial charge in [-0.2, -0.15) is 20.2 Å². The highest BCUT2D eigenvalue weighted by atomic mass is 35.5. The van der Waals surface area contributed by atoms with Gasteiger partial charge in [0.25, 0.3) is 0 Å². The largest absolute Gasteiger partial charge is 0.336 e. The molecule has 0 radical (unpaired) electrons. The molecule has 0 bridgehead atoms. The van der Waals surface area contributed by atoms with Crippen LogP contribution in [0.15, 0.2) is 30.3 Å². The molecule has 6 heteroatoms. The fourth-order valence-electron chi connectivity index (χ4n) is 1.73. The van der Waals surface area contributed by atoms with Crippen LogP contribution >= 0.6 is 11.6 Å². The second-order valence-electron chi connectivity index (χ2n) is 4.44. The molecule has 94 valence electrons. The Morgan fingerprint density at radius 1 is 1.16 bits per heavy atom. The number of aromatic nitrogens is 3. The van der Waals surface area contributed by atoms with Gasteiger partial charge in [-0.15, -0.1) is 0 Å². The van der Waals surface area contributed by atoms with Crippen molar-refractivity contribution in [2.75, 3.05) is 5.32 Å². The van der Waals surface area contributed by atoms with E-state index in [0.29, 0.717) is 11.8 Å². The van der Waals surface area contributed by atoms with Gasteiger partial charge in [0.15, 0.2) is 5.82 Å². The van der Waals surface area contributed by atoms with E-state index in [1.807, 2.05) is 30.3 Å². The molecular weight excluding hydrogens is 262 g/mol. The van der Waals surface area contributed by atoms with Crippen molar-refractivity contribution in [2.45, 2.75) is 18.4 Å². The van der Waals surface area contributed by atoms with E-state index >= 15 is 0 Å². The molecule has 3 rings (SSSR count). The second kappa shape index (κ2) is 4.48. The van der Waals surface area contributed by atoms with Crippen molar-refractivity contribution < 1.29 is 0 Å². The molecule has 1 aliphatic rings. The molecule has 0 saturated heterocycles. The first-order chi connectivity index (χ1) is 9.21. The van der Waals surface area contributed by atoms with Crippen LogP contribution in [0.1, 0.15) is 12.8 Å². The molecule has 1 N–H and O–H groups in total. The van der Waals surface area contributed by atoms with Crippen molar-refractivity contribution in [3.05, 3.63) is 35.6 Å². The molecule has 0 unspecified atom stereocenters. The highest BCUT2D eigenvalue weighted by Gasteiger charge is 2.44. The Labute approximate surface area is 115 Å². The number of benzene rings is 1. The zero-order chi connectivity index (χ0) is 13.3. The standard InChI is InChI=1S/C13H10ClN5/c14-11-16-10(9-4-2-1-3-5-9)17-12(18-11)19-13(8-15)6-7-13/h1-5H,6-7H2,(H,16,17,18,19). The number of nitrogens with zero attached hydrogens (tertiary/aromatic N) is 4. The minimum atomic E-state index is -0.529. The first-order valence-electron chi connectivity index (χ1n) is 5.87. The molecule has 0 spiro atoms. The van der Waals surface area contributed by atoms with Crippen LogP contribution in [-0.4, -0.2) is 20.5 Å². The monoisotopic (exact) mass is 271 g/mol. The highest BCUT2D eigenvalue weighted by Crippen LogP contribution is 2.37. The summed E-state index contributed by atoms with van der Waals surface area (Å²) in [5.74, 6) is 0.842. The van der Waals surface area contributed by atoms with Crippen LogP contribution in [0.5, 0.6) is 0 Å². The predicted molar refractivity (Wildman–Crippen MR) is 71.5 cm³/mol. The summed E-state index contributed by atoms with van der Waals surface area (Å²) in [7, 11) is 0. The summed E-state index contributed by atoms with van der Waals surface area (Å²) < 4.78 is 0. The number of nitriles is 1. The Hall–Kier alpha value is -2.19. The Morgan fingerprint density at radius 3 is 2.53 bits per heavy atom. The Morgan fingerprint density at radius 2 is 1.89 bits per heavy atom. The molecule has 1 aromatic heterocycles. The number of hydrogen-bond donors (Lipinski definition) is 1. The number of nitrogens with one attached hydrogen (secondary N) is 1. The summed E-state index contributed by atoms with van der Waals surface area (Å²) in [4.78, 5) is 12.4. The SMILES string of the molecule is N#CC1(Nc2nc(Cl)nc(-c3ccccc3)n2)CC1. The molecule has 1 fully saturated rings. The van der Waals surface area contributed by atoms with Crippen LogP contribution in [-0.2, 0) is 0 Å². The van der Waals surface area contributed by atoms with Crippen LogP contribution in [0.4, 0.5) is 5.95 Å². The zero-order valence-corrected chi connectivity index (χ0v) is 10.7. The molecule has 0 aliphatic heterocycles. The van der Waals surface area contributed by atoms with Crippen LogP contribution in [0.3, 0.4) is 0 Å². The number of hydrogen-bond acceptors (Lipinski definition) is 5. The Balaban J connectivity index is 1.95. The van der Waals surface area contributed by atoms with Crippen LogP contribution in [0.2, 0.25) is 5.28 Å². The molecule has 1 heterocycles. The maximum absolute atomic E-state index is 9.06. The van der Waals surface area contributed by atoms with Gasteiger partial charge in [-0.3, -0.25) is 0 Å².